The number of nitrogens with one attached hydrogen (secondary N) is 1. The number of likely N-dealkylation sites (tertiary alicyclic amines) is 1. The summed E-state index contributed by atoms with van der Waals surface area (Å²) < 4.78 is 0. The molecule has 0 saturated carbocycles. The van der Waals surface area contributed by atoms with Crippen molar-refractivity contribution in [2.75, 3.05) is 13.1 Å². The van der Waals surface area contributed by atoms with Crippen LogP contribution in [-0.2, 0) is 4.79 Å². The first-order chi connectivity index (χ1) is 10.9. The SMILES string of the molecule is Cc1cc(C)c2[nH]c(C(=O)N3CCC[C@H](C(=O)O)C3)c(C)c2c1. The highest BCUT2D eigenvalue weighted by Gasteiger charge is 2.30. The number of H-pyrrole nitrogens is 1. The van der Waals surface area contributed by atoms with Crippen LogP contribution in [0.25, 0.3) is 10.9 Å². The van der Waals surface area contributed by atoms with Crippen molar-refractivity contribution < 1.29 is 14.7 Å². The van der Waals surface area contributed by atoms with Crippen molar-refractivity contribution in [1.29, 1.82) is 0 Å². The molecule has 0 unspecified atom stereocenters. The smallest absolute Gasteiger partial charge is 0.308 e. The molecule has 1 aromatic heterocycles. The number of carbonyl (C=O) groups excluding carboxylic acids is 1. The first-order valence-electron chi connectivity index (χ1n) is 8.00. The molecule has 122 valence electrons. The number of nitrogens with zero attached hydrogens (tertiary/aromatic N) is 1. The number of rotatable bonds is 2. The Labute approximate surface area is 135 Å². The second-order valence-electron chi connectivity index (χ2n) is 6.56. The van der Waals surface area contributed by atoms with Crippen molar-refractivity contribution in [3.8, 4) is 0 Å². The fourth-order valence-corrected chi connectivity index (χ4v) is 3.52. The van der Waals surface area contributed by atoms with Crippen LogP contribution in [0, 0.1) is 26.7 Å². The lowest BCUT2D eigenvalue weighted by Gasteiger charge is -2.30. The van der Waals surface area contributed by atoms with E-state index in [0.29, 0.717) is 25.2 Å². The summed E-state index contributed by atoms with van der Waals surface area (Å²) in [7, 11) is 0. The average molecular weight is 314 g/mol. The fourth-order valence-electron chi connectivity index (χ4n) is 3.52. The molecule has 1 aliphatic rings. The molecule has 2 N–H and O–H groups in total. The lowest BCUT2D eigenvalue weighted by atomic mass is 9.98. The monoisotopic (exact) mass is 314 g/mol. The maximum atomic E-state index is 12.9. The molecule has 5 nitrogen and oxygen atoms in total. The molecule has 1 aromatic carbocycles. The van der Waals surface area contributed by atoms with E-state index in [0.717, 1.165) is 28.5 Å². The van der Waals surface area contributed by atoms with Crippen molar-refractivity contribution in [3.63, 3.8) is 0 Å². The Morgan fingerprint density at radius 2 is 2.00 bits per heavy atom. The first kappa shape index (κ1) is 15.6. The topological polar surface area (TPSA) is 73.4 Å². The van der Waals surface area contributed by atoms with Crippen LogP contribution < -0.4 is 0 Å². The van der Waals surface area contributed by atoms with Crippen LogP contribution in [0.3, 0.4) is 0 Å². The first-order valence-corrected chi connectivity index (χ1v) is 8.00. The Morgan fingerprint density at radius 3 is 2.70 bits per heavy atom. The van der Waals surface area contributed by atoms with E-state index in [1.807, 2.05) is 20.8 Å². The van der Waals surface area contributed by atoms with Gasteiger partial charge in [0.2, 0.25) is 0 Å². The van der Waals surface area contributed by atoms with Gasteiger partial charge in [-0.25, -0.2) is 0 Å². The number of aliphatic carboxylic acids is 1. The minimum Gasteiger partial charge on any atom is -0.481 e. The minimum atomic E-state index is -0.817. The lowest BCUT2D eigenvalue weighted by molar-refractivity contribution is -0.143. The molecule has 2 aromatic rings. The molecule has 0 spiro atoms. The largest absolute Gasteiger partial charge is 0.481 e. The third-order valence-corrected chi connectivity index (χ3v) is 4.78. The van der Waals surface area contributed by atoms with E-state index in [1.54, 1.807) is 4.90 Å². The number of fused-ring (bicyclic) bond motifs is 1. The molecule has 1 amide bonds. The number of aryl methyl sites for hydroxylation is 3. The van der Waals surface area contributed by atoms with Crippen LogP contribution in [-0.4, -0.2) is 40.0 Å². The summed E-state index contributed by atoms with van der Waals surface area (Å²) >= 11 is 0. The quantitative estimate of drug-likeness (QED) is 0.895. The molecule has 5 heteroatoms. The van der Waals surface area contributed by atoms with Gasteiger partial charge < -0.3 is 15.0 Å². The summed E-state index contributed by atoms with van der Waals surface area (Å²) in [4.78, 5) is 29.0. The normalized spacial score (nSPS) is 18.4. The number of amides is 1. The van der Waals surface area contributed by atoms with E-state index in [1.165, 1.54) is 5.56 Å². The summed E-state index contributed by atoms with van der Waals surface area (Å²) in [5, 5.41) is 10.3. The van der Waals surface area contributed by atoms with Gasteiger partial charge in [-0.05, 0) is 50.8 Å². The Hall–Kier alpha value is -2.30. The number of carbonyl (C=O) groups is 2. The highest BCUT2D eigenvalue weighted by molar-refractivity contribution is 6.02. The van der Waals surface area contributed by atoms with Gasteiger partial charge in [-0.3, -0.25) is 9.59 Å². The summed E-state index contributed by atoms with van der Waals surface area (Å²) in [5.74, 6) is -1.37. The third-order valence-electron chi connectivity index (χ3n) is 4.78. The van der Waals surface area contributed by atoms with Gasteiger partial charge in [-0.2, -0.15) is 0 Å². The zero-order valence-electron chi connectivity index (χ0n) is 13.8. The molecule has 3 rings (SSSR count). The summed E-state index contributed by atoms with van der Waals surface area (Å²) in [6.07, 6.45) is 1.38. The number of carboxylic acids is 1. The maximum Gasteiger partial charge on any atom is 0.308 e. The highest BCUT2D eigenvalue weighted by atomic mass is 16.4. The Kier molecular flexibility index (Phi) is 3.88. The molecule has 2 heterocycles. The van der Waals surface area contributed by atoms with Crippen LogP contribution in [0.4, 0.5) is 0 Å². The standard InChI is InChI=1S/C18H22N2O3/c1-10-7-11(2)15-14(8-10)12(3)16(19-15)17(21)20-6-4-5-13(9-20)18(22)23/h7-8,13,19H,4-6,9H2,1-3H3,(H,22,23)/t13-/m0/s1. The lowest BCUT2D eigenvalue weighted by Crippen LogP contribution is -2.42. The van der Waals surface area contributed by atoms with E-state index in [2.05, 4.69) is 17.1 Å². The van der Waals surface area contributed by atoms with Gasteiger partial charge in [0.25, 0.3) is 5.91 Å². The van der Waals surface area contributed by atoms with E-state index >= 15 is 0 Å². The van der Waals surface area contributed by atoms with Gasteiger partial charge in [0.1, 0.15) is 5.69 Å². The van der Waals surface area contributed by atoms with Gasteiger partial charge in [-0.15, -0.1) is 0 Å². The van der Waals surface area contributed by atoms with Crippen LogP contribution in [0.15, 0.2) is 12.1 Å². The maximum absolute atomic E-state index is 12.9. The third kappa shape index (κ3) is 2.71. The second kappa shape index (κ2) is 5.72. The Morgan fingerprint density at radius 1 is 1.26 bits per heavy atom. The molecular formula is C18H22N2O3. The van der Waals surface area contributed by atoms with Crippen molar-refractivity contribution in [2.45, 2.75) is 33.6 Å². The number of hydrogen-bond donors (Lipinski definition) is 2. The predicted octanol–water partition coefficient (Wildman–Crippen LogP) is 3.03. The number of carboxylic acid groups (broad SMARTS) is 1. The van der Waals surface area contributed by atoms with E-state index in [-0.39, 0.29) is 5.91 Å². The molecule has 23 heavy (non-hydrogen) atoms. The molecule has 1 saturated heterocycles. The number of aromatic amines is 1. The van der Waals surface area contributed by atoms with Crippen molar-refractivity contribution in [3.05, 3.63) is 34.5 Å². The predicted molar refractivity (Wildman–Crippen MR) is 88.8 cm³/mol. The highest BCUT2D eigenvalue weighted by Crippen LogP contribution is 2.28. The van der Waals surface area contributed by atoms with Crippen molar-refractivity contribution in [1.82, 2.24) is 9.88 Å². The van der Waals surface area contributed by atoms with Crippen LogP contribution >= 0.6 is 0 Å². The minimum absolute atomic E-state index is 0.0956. The molecule has 0 radical (unpaired) electrons. The van der Waals surface area contributed by atoms with E-state index in [9.17, 15) is 14.7 Å². The molecule has 1 aliphatic heterocycles. The van der Waals surface area contributed by atoms with Gasteiger partial charge in [0, 0.05) is 24.0 Å². The number of piperidine rings is 1. The van der Waals surface area contributed by atoms with Crippen molar-refractivity contribution >= 4 is 22.8 Å². The summed E-state index contributed by atoms with van der Waals surface area (Å²) in [5.41, 5.74) is 4.79. The molecule has 0 bridgehead atoms. The fraction of sp³-hybridized carbons (Fsp3) is 0.444. The Bertz CT molecular complexity index is 791. The van der Waals surface area contributed by atoms with Gasteiger partial charge in [0.15, 0.2) is 0 Å². The van der Waals surface area contributed by atoms with Crippen LogP contribution in [0.2, 0.25) is 0 Å². The van der Waals surface area contributed by atoms with Gasteiger partial charge in [0.05, 0.1) is 5.92 Å². The number of benzene rings is 1. The molecule has 0 aliphatic carbocycles. The van der Waals surface area contributed by atoms with Crippen LogP contribution in [0.5, 0.6) is 0 Å². The molecule has 1 atom stereocenters. The van der Waals surface area contributed by atoms with Gasteiger partial charge in [-0.1, -0.05) is 11.6 Å². The molecule has 1 fully saturated rings. The summed E-state index contributed by atoms with van der Waals surface area (Å²) in [6.45, 7) is 6.93. The molecular weight excluding hydrogens is 292 g/mol. The van der Waals surface area contributed by atoms with E-state index < -0.39 is 11.9 Å². The average Bonchev–Trinajstić information content (AvgIpc) is 2.84. The second-order valence-corrected chi connectivity index (χ2v) is 6.56. The zero-order valence-corrected chi connectivity index (χ0v) is 13.8. The Balaban J connectivity index is 1.96. The van der Waals surface area contributed by atoms with Crippen molar-refractivity contribution in [2.24, 2.45) is 5.92 Å². The van der Waals surface area contributed by atoms with Crippen LogP contribution in [0.1, 0.15) is 40.0 Å². The number of aromatic nitrogens is 1. The number of hydrogen-bond acceptors (Lipinski definition) is 2. The van der Waals surface area contributed by atoms with E-state index in [4.69, 9.17) is 0 Å². The van der Waals surface area contributed by atoms with Gasteiger partial charge >= 0.3 is 5.97 Å². The zero-order chi connectivity index (χ0) is 16.7. The summed E-state index contributed by atoms with van der Waals surface area (Å²) in [6, 6.07) is 4.18.